The number of halogens is 1. The van der Waals surface area contributed by atoms with Gasteiger partial charge in [0.1, 0.15) is 5.82 Å². The van der Waals surface area contributed by atoms with Crippen LogP contribution in [0, 0.1) is 11.7 Å². The minimum Gasteiger partial charge on any atom is -0.326 e. The average molecular weight is 348 g/mol. The quantitative estimate of drug-likeness (QED) is 0.869. The molecule has 3 N–H and O–H groups in total. The first-order valence-corrected chi connectivity index (χ1v) is 9.19. The molecule has 1 aliphatic carbocycles. The molecule has 1 fully saturated rings. The van der Waals surface area contributed by atoms with Crippen molar-refractivity contribution >= 4 is 21.6 Å². The molecule has 1 saturated carbocycles. The Kier molecular flexibility index (Phi) is 4.38. The van der Waals surface area contributed by atoms with Gasteiger partial charge < -0.3 is 5.32 Å². The van der Waals surface area contributed by atoms with Crippen LogP contribution in [-0.4, -0.2) is 14.3 Å². The number of nitrogens with one attached hydrogen (secondary N) is 1. The Hall–Kier alpha value is -2.25. The third-order valence-electron chi connectivity index (χ3n) is 3.99. The summed E-state index contributed by atoms with van der Waals surface area (Å²) < 4.78 is 35.2. The Labute approximate surface area is 139 Å². The number of hydrogen-bond acceptors (Lipinski definition) is 3. The van der Waals surface area contributed by atoms with Gasteiger partial charge in [0.25, 0.3) is 0 Å². The molecule has 0 radical (unpaired) electrons. The van der Waals surface area contributed by atoms with Crippen molar-refractivity contribution in [1.82, 2.24) is 0 Å². The van der Waals surface area contributed by atoms with E-state index in [-0.39, 0.29) is 29.3 Å². The molecule has 126 valence electrons. The first-order valence-electron chi connectivity index (χ1n) is 7.47. The molecule has 2 aromatic rings. The predicted molar refractivity (Wildman–Crippen MR) is 89.1 cm³/mol. The van der Waals surface area contributed by atoms with E-state index in [2.05, 4.69) is 5.32 Å². The van der Waals surface area contributed by atoms with E-state index in [1.165, 1.54) is 12.1 Å². The normalized spacial score (nSPS) is 19.8. The molecule has 0 aromatic heterocycles. The average Bonchev–Trinajstić information content (AvgIpc) is 3.27. The standard InChI is InChI=1S/C17H17FN2O3S/c18-13-6-4-12(5-7-13)15-9-16(15)17(21)20-14-3-1-2-11(8-14)10-24(19,22)23/h1-8,15-16H,9-10H2,(H,20,21)(H2,19,22,23)/t15-,16-/m1/s1. The van der Waals surface area contributed by atoms with Crippen molar-refractivity contribution in [3.05, 3.63) is 65.5 Å². The SMILES string of the molecule is NS(=O)(=O)Cc1cccc(NC(=O)[C@@H]2C[C@@H]2c2ccc(F)cc2)c1. The summed E-state index contributed by atoms with van der Waals surface area (Å²) in [6.07, 6.45) is 0.717. The number of hydrogen-bond donors (Lipinski definition) is 2. The van der Waals surface area contributed by atoms with Crippen LogP contribution < -0.4 is 10.5 Å². The van der Waals surface area contributed by atoms with E-state index >= 15 is 0 Å². The minimum atomic E-state index is -3.62. The molecule has 1 amide bonds. The van der Waals surface area contributed by atoms with Crippen LogP contribution in [0.25, 0.3) is 0 Å². The van der Waals surface area contributed by atoms with Gasteiger partial charge in [-0.3, -0.25) is 4.79 Å². The summed E-state index contributed by atoms with van der Waals surface area (Å²) in [5.74, 6) is -0.766. The number of primary sulfonamides is 1. The van der Waals surface area contributed by atoms with Gasteiger partial charge in [0.2, 0.25) is 15.9 Å². The minimum absolute atomic E-state index is 0.0956. The smallest absolute Gasteiger partial charge is 0.228 e. The fourth-order valence-corrected chi connectivity index (χ4v) is 3.41. The highest BCUT2D eigenvalue weighted by molar-refractivity contribution is 7.88. The van der Waals surface area contributed by atoms with Crippen molar-refractivity contribution in [2.75, 3.05) is 5.32 Å². The van der Waals surface area contributed by atoms with Gasteiger partial charge in [-0.2, -0.15) is 0 Å². The second kappa shape index (κ2) is 6.33. The van der Waals surface area contributed by atoms with E-state index in [0.29, 0.717) is 17.7 Å². The Morgan fingerprint density at radius 3 is 2.58 bits per heavy atom. The van der Waals surface area contributed by atoms with E-state index in [1.807, 2.05) is 0 Å². The lowest BCUT2D eigenvalue weighted by Crippen LogP contribution is -2.16. The zero-order valence-electron chi connectivity index (χ0n) is 12.8. The van der Waals surface area contributed by atoms with Crippen LogP contribution in [0.4, 0.5) is 10.1 Å². The van der Waals surface area contributed by atoms with E-state index in [0.717, 1.165) is 5.56 Å². The maximum Gasteiger partial charge on any atom is 0.228 e. The van der Waals surface area contributed by atoms with Gasteiger partial charge in [0.15, 0.2) is 0 Å². The molecule has 5 nitrogen and oxygen atoms in total. The summed E-state index contributed by atoms with van der Waals surface area (Å²) in [5, 5.41) is 7.82. The van der Waals surface area contributed by atoms with Gasteiger partial charge in [-0.15, -0.1) is 0 Å². The maximum atomic E-state index is 12.9. The van der Waals surface area contributed by atoms with Gasteiger partial charge in [-0.25, -0.2) is 17.9 Å². The Bertz CT molecular complexity index is 866. The zero-order valence-corrected chi connectivity index (χ0v) is 13.6. The number of carbonyl (C=O) groups is 1. The molecule has 2 aromatic carbocycles. The largest absolute Gasteiger partial charge is 0.326 e. The molecule has 2 atom stereocenters. The number of sulfonamides is 1. The van der Waals surface area contributed by atoms with E-state index in [9.17, 15) is 17.6 Å². The van der Waals surface area contributed by atoms with Crippen LogP contribution in [0.5, 0.6) is 0 Å². The van der Waals surface area contributed by atoms with Crippen LogP contribution in [0.15, 0.2) is 48.5 Å². The maximum absolute atomic E-state index is 12.9. The zero-order chi connectivity index (χ0) is 17.3. The first-order chi connectivity index (χ1) is 11.3. The molecule has 1 aliphatic rings. The molecule has 7 heteroatoms. The second-order valence-corrected chi connectivity index (χ2v) is 7.61. The summed E-state index contributed by atoms with van der Waals surface area (Å²) in [7, 11) is -3.62. The molecular weight excluding hydrogens is 331 g/mol. The van der Waals surface area contributed by atoms with Gasteiger partial charge in [0, 0.05) is 11.6 Å². The highest BCUT2D eigenvalue weighted by atomic mass is 32.2. The second-order valence-electron chi connectivity index (χ2n) is 6.00. The van der Waals surface area contributed by atoms with E-state index < -0.39 is 10.0 Å². The lowest BCUT2D eigenvalue weighted by molar-refractivity contribution is -0.117. The van der Waals surface area contributed by atoms with Crippen molar-refractivity contribution in [3.63, 3.8) is 0 Å². The van der Waals surface area contributed by atoms with Crippen molar-refractivity contribution in [1.29, 1.82) is 0 Å². The van der Waals surface area contributed by atoms with E-state index in [1.54, 1.807) is 36.4 Å². The van der Waals surface area contributed by atoms with Crippen LogP contribution >= 0.6 is 0 Å². The monoisotopic (exact) mass is 348 g/mol. The number of carbonyl (C=O) groups excluding carboxylic acids is 1. The summed E-state index contributed by atoms with van der Waals surface area (Å²) in [5.41, 5.74) is 1.99. The fourth-order valence-electron chi connectivity index (χ4n) is 2.77. The lowest BCUT2D eigenvalue weighted by Gasteiger charge is -2.07. The predicted octanol–water partition coefficient (Wildman–Crippen LogP) is 2.36. The number of anilines is 1. The van der Waals surface area contributed by atoms with Crippen molar-refractivity contribution in [2.24, 2.45) is 11.1 Å². The van der Waals surface area contributed by atoms with Gasteiger partial charge in [-0.1, -0.05) is 24.3 Å². The third kappa shape index (κ3) is 4.18. The molecule has 0 saturated heterocycles. The molecule has 0 aliphatic heterocycles. The number of benzene rings is 2. The summed E-state index contributed by atoms with van der Waals surface area (Å²) >= 11 is 0. The molecule has 0 heterocycles. The Morgan fingerprint density at radius 2 is 1.92 bits per heavy atom. The van der Waals surface area contributed by atoms with Crippen molar-refractivity contribution in [3.8, 4) is 0 Å². The van der Waals surface area contributed by atoms with Crippen molar-refractivity contribution < 1.29 is 17.6 Å². The van der Waals surface area contributed by atoms with Crippen LogP contribution in [0.3, 0.4) is 0 Å². The Balaban J connectivity index is 1.64. The van der Waals surface area contributed by atoms with E-state index in [4.69, 9.17) is 5.14 Å². The number of nitrogens with two attached hydrogens (primary N) is 1. The molecular formula is C17H17FN2O3S. The molecule has 24 heavy (non-hydrogen) atoms. The summed E-state index contributed by atoms with van der Waals surface area (Å²) in [4.78, 5) is 12.3. The number of rotatable bonds is 5. The highest BCUT2D eigenvalue weighted by Crippen LogP contribution is 2.48. The van der Waals surface area contributed by atoms with Crippen LogP contribution in [0.2, 0.25) is 0 Å². The fraction of sp³-hybridized carbons (Fsp3) is 0.235. The molecule has 3 rings (SSSR count). The van der Waals surface area contributed by atoms with Gasteiger partial charge in [0.05, 0.1) is 5.75 Å². The topological polar surface area (TPSA) is 89.3 Å². The van der Waals surface area contributed by atoms with Gasteiger partial charge in [-0.05, 0) is 47.7 Å². The summed E-state index contributed by atoms with van der Waals surface area (Å²) in [6, 6.07) is 12.8. The molecule has 0 bridgehead atoms. The molecule has 0 unspecified atom stereocenters. The first kappa shape index (κ1) is 16.6. The van der Waals surface area contributed by atoms with Crippen LogP contribution in [-0.2, 0) is 20.6 Å². The summed E-state index contributed by atoms with van der Waals surface area (Å²) in [6.45, 7) is 0. The molecule has 0 spiro atoms. The van der Waals surface area contributed by atoms with Gasteiger partial charge >= 0.3 is 0 Å². The Morgan fingerprint density at radius 1 is 1.21 bits per heavy atom. The van der Waals surface area contributed by atoms with Crippen molar-refractivity contribution in [2.45, 2.75) is 18.1 Å². The third-order valence-corrected chi connectivity index (χ3v) is 4.72. The highest BCUT2D eigenvalue weighted by Gasteiger charge is 2.43. The lowest BCUT2D eigenvalue weighted by atomic mass is 10.1. The van der Waals surface area contributed by atoms with Crippen LogP contribution in [0.1, 0.15) is 23.5 Å². The number of amides is 1.